The van der Waals surface area contributed by atoms with E-state index in [4.69, 9.17) is 9.84 Å². The molecule has 7 heteroatoms. The van der Waals surface area contributed by atoms with Gasteiger partial charge >= 0.3 is 6.16 Å². The van der Waals surface area contributed by atoms with Crippen LogP contribution in [0.3, 0.4) is 0 Å². The number of carbonyl (C=O) groups excluding carboxylic acids is 1. The van der Waals surface area contributed by atoms with Crippen LogP contribution in [0, 0.1) is 11.2 Å². The lowest BCUT2D eigenvalue weighted by molar-refractivity contribution is 0.102. The van der Waals surface area contributed by atoms with Gasteiger partial charge in [-0.3, -0.25) is 4.79 Å². The predicted octanol–water partition coefficient (Wildman–Crippen LogP) is 5.87. The highest BCUT2D eigenvalue weighted by atomic mass is 19.1. The third kappa shape index (κ3) is 4.56. The van der Waals surface area contributed by atoms with Gasteiger partial charge in [0.15, 0.2) is 0 Å². The van der Waals surface area contributed by atoms with Crippen molar-refractivity contribution in [3.63, 3.8) is 0 Å². The zero-order valence-electron chi connectivity index (χ0n) is 17.7. The van der Waals surface area contributed by atoms with Gasteiger partial charge in [0.1, 0.15) is 11.6 Å². The molecule has 0 radical (unpaired) electrons. The van der Waals surface area contributed by atoms with E-state index < -0.39 is 12.0 Å². The number of ether oxygens (including phenoxy) is 1. The van der Waals surface area contributed by atoms with Crippen molar-refractivity contribution in [1.29, 1.82) is 0 Å². The molecule has 0 aromatic heterocycles. The fourth-order valence-electron chi connectivity index (χ4n) is 4.10. The lowest BCUT2D eigenvalue weighted by Crippen LogP contribution is -2.35. The van der Waals surface area contributed by atoms with Crippen LogP contribution in [0.5, 0.6) is 5.75 Å². The Hall–Kier alpha value is -3.87. The molecule has 3 aromatic rings. The molecule has 1 aliphatic rings. The van der Waals surface area contributed by atoms with E-state index in [-0.39, 0.29) is 23.1 Å². The normalized spacial score (nSPS) is 16.4. The number of anilines is 2. The second kappa shape index (κ2) is 8.34. The number of benzene rings is 3. The van der Waals surface area contributed by atoms with Crippen molar-refractivity contribution in [2.45, 2.75) is 26.3 Å². The SMILES string of the molecule is CC1(C)Cc2cc(OC(=O)O)ccc2NC1c1cccc(NC(=O)c2ccc(F)cc2)c1. The van der Waals surface area contributed by atoms with Gasteiger partial charge in [0.05, 0.1) is 6.04 Å². The lowest BCUT2D eigenvalue weighted by atomic mass is 9.73. The van der Waals surface area contributed by atoms with Gasteiger partial charge in [0.2, 0.25) is 0 Å². The summed E-state index contributed by atoms with van der Waals surface area (Å²) >= 11 is 0. The molecule has 1 amide bonds. The van der Waals surface area contributed by atoms with Gasteiger partial charge in [-0.2, -0.15) is 0 Å². The summed E-state index contributed by atoms with van der Waals surface area (Å²) in [6.07, 6.45) is -0.631. The number of fused-ring (bicyclic) bond motifs is 1. The number of amides is 1. The van der Waals surface area contributed by atoms with E-state index >= 15 is 0 Å². The molecule has 0 bridgehead atoms. The van der Waals surface area contributed by atoms with Crippen molar-refractivity contribution >= 4 is 23.4 Å². The zero-order chi connectivity index (χ0) is 22.9. The van der Waals surface area contributed by atoms with Crippen LogP contribution in [-0.2, 0) is 6.42 Å². The summed E-state index contributed by atoms with van der Waals surface area (Å²) in [5, 5.41) is 15.3. The summed E-state index contributed by atoms with van der Waals surface area (Å²) in [6.45, 7) is 4.25. The summed E-state index contributed by atoms with van der Waals surface area (Å²) in [6, 6.07) is 18.2. The highest BCUT2D eigenvalue weighted by molar-refractivity contribution is 6.04. The van der Waals surface area contributed by atoms with Crippen LogP contribution in [-0.4, -0.2) is 17.2 Å². The van der Waals surface area contributed by atoms with Crippen LogP contribution in [0.15, 0.2) is 66.7 Å². The molecule has 1 atom stereocenters. The van der Waals surface area contributed by atoms with E-state index in [0.717, 1.165) is 16.8 Å². The van der Waals surface area contributed by atoms with Crippen LogP contribution in [0.2, 0.25) is 0 Å². The monoisotopic (exact) mass is 434 g/mol. The van der Waals surface area contributed by atoms with E-state index in [1.54, 1.807) is 12.1 Å². The lowest BCUT2D eigenvalue weighted by Gasteiger charge is -2.41. The molecule has 1 aliphatic heterocycles. The van der Waals surface area contributed by atoms with Crippen LogP contribution in [0.25, 0.3) is 0 Å². The third-order valence-corrected chi connectivity index (χ3v) is 5.59. The standard InChI is InChI=1S/C25H23FN2O4/c1-25(2)14-17-13-20(32-24(30)31)10-11-21(17)28-22(25)16-4-3-5-19(12-16)27-23(29)15-6-8-18(26)9-7-15/h3-13,22,28H,14H2,1-2H3,(H,27,29)(H,30,31). The molecular weight excluding hydrogens is 411 g/mol. The Morgan fingerprint density at radius 1 is 1.09 bits per heavy atom. The van der Waals surface area contributed by atoms with Crippen molar-refractivity contribution in [2.75, 3.05) is 10.6 Å². The minimum absolute atomic E-state index is 0.0380. The Morgan fingerprint density at radius 2 is 1.84 bits per heavy atom. The largest absolute Gasteiger partial charge is 0.511 e. The molecule has 0 spiro atoms. The topological polar surface area (TPSA) is 87.7 Å². The maximum atomic E-state index is 13.1. The molecule has 3 N–H and O–H groups in total. The van der Waals surface area contributed by atoms with Gasteiger partial charge in [0.25, 0.3) is 5.91 Å². The number of carboxylic acid groups (broad SMARTS) is 1. The minimum Gasteiger partial charge on any atom is -0.449 e. The summed E-state index contributed by atoms with van der Waals surface area (Å²) in [5.41, 5.74) is 3.71. The van der Waals surface area contributed by atoms with Crippen LogP contribution >= 0.6 is 0 Å². The maximum Gasteiger partial charge on any atom is 0.511 e. The fraction of sp³-hybridized carbons (Fsp3) is 0.200. The second-order valence-corrected chi connectivity index (χ2v) is 8.52. The van der Waals surface area contributed by atoms with Crippen LogP contribution < -0.4 is 15.4 Å². The van der Waals surface area contributed by atoms with Crippen molar-refractivity contribution in [3.05, 3.63) is 89.2 Å². The second-order valence-electron chi connectivity index (χ2n) is 8.52. The summed E-state index contributed by atoms with van der Waals surface area (Å²) in [4.78, 5) is 23.3. The average Bonchev–Trinajstić information content (AvgIpc) is 2.72. The molecule has 6 nitrogen and oxygen atoms in total. The van der Waals surface area contributed by atoms with Gasteiger partial charge in [-0.05, 0) is 77.6 Å². The Morgan fingerprint density at radius 3 is 2.56 bits per heavy atom. The summed E-state index contributed by atoms with van der Waals surface area (Å²) in [5.74, 6) is -0.414. The molecule has 0 saturated carbocycles. The third-order valence-electron chi connectivity index (χ3n) is 5.59. The molecule has 0 aliphatic carbocycles. The van der Waals surface area contributed by atoms with E-state index in [1.807, 2.05) is 30.3 Å². The highest BCUT2D eigenvalue weighted by Gasteiger charge is 2.36. The number of nitrogens with one attached hydrogen (secondary N) is 2. The van der Waals surface area contributed by atoms with Crippen molar-refractivity contribution in [3.8, 4) is 5.75 Å². The number of carbonyl (C=O) groups is 2. The molecule has 3 aromatic carbocycles. The number of rotatable bonds is 4. The van der Waals surface area contributed by atoms with Gasteiger partial charge in [0, 0.05) is 16.9 Å². The van der Waals surface area contributed by atoms with Crippen LogP contribution in [0.1, 0.15) is 41.4 Å². The van der Waals surface area contributed by atoms with Gasteiger partial charge in [-0.1, -0.05) is 26.0 Å². The Labute approximate surface area is 185 Å². The van der Waals surface area contributed by atoms with E-state index in [1.165, 1.54) is 24.3 Å². The first kappa shape index (κ1) is 21.4. The van der Waals surface area contributed by atoms with E-state index in [2.05, 4.69) is 24.5 Å². The van der Waals surface area contributed by atoms with Crippen molar-refractivity contribution < 1.29 is 23.8 Å². The molecule has 0 fully saturated rings. The molecular formula is C25H23FN2O4. The van der Waals surface area contributed by atoms with Crippen LogP contribution in [0.4, 0.5) is 20.6 Å². The van der Waals surface area contributed by atoms with Crippen molar-refractivity contribution in [2.24, 2.45) is 5.41 Å². The number of hydrogen-bond donors (Lipinski definition) is 3. The van der Waals surface area contributed by atoms with E-state index in [0.29, 0.717) is 17.7 Å². The molecule has 32 heavy (non-hydrogen) atoms. The fourth-order valence-corrected chi connectivity index (χ4v) is 4.10. The first-order valence-electron chi connectivity index (χ1n) is 10.2. The molecule has 1 heterocycles. The molecule has 4 rings (SSSR count). The Kier molecular flexibility index (Phi) is 5.57. The molecule has 164 valence electrons. The van der Waals surface area contributed by atoms with Crippen molar-refractivity contribution in [1.82, 2.24) is 0 Å². The summed E-state index contributed by atoms with van der Waals surface area (Å²) in [7, 11) is 0. The number of hydrogen-bond acceptors (Lipinski definition) is 4. The van der Waals surface area contributed by atoms with E-state index in [9.17, 15) is 14.0 Å². The molecule has 1 unspecified atom stereocenters. The Balaban J connectivity index is 1.56. The number of halogens is 1. The first-order valence-corrected chi connectivity index (χ1v) is 10.2. The average molecular weight is 434 g/mol. The summed E-state index contributed by atoms with van der Waals surface area (Å²) < 4.78 is 17.9. The van der Waals surface area contributed by atoms with Gasteiger partial charge in [-0.25, -0.2) is 9.18 Å². The maximum absolute atomic E-state index is 13.1. The van der Waals surface area contributed by atoms with Gasteiger partial charge < -0.3 is 20.5 Å². The highest BCUT2D eigenvalue weighted by Crippen LogP contribution is 2.45. The smallest absolute Gasteiger partial charge is 0.449 e. The quantitative estimate of drug-likeness (QED) is 0.353. The molecule has 0 saturated heterocycles. The zero-order valence-corrected chi connectivity index (χ0v) is 17.7. The minimum atomic E-state index is -1.34. The van der Waals surface area contributed by atoms with Gasteiger partial charge in [-0.15, -0.1) is 0 Å². The predicted molar refractivity (Wildman–Crippen MR) is 120 cm³/mol. The first-order chi connectivity index (χ1) is 15.2. The Bertz CT molecular complexity index is 1170.